The number of rotatable bonds is 7. The van der Waals surface area contributed by atoms with Crippen LogP contribution in [0.15, 0.2) is 103 Å². The molecule has 0 spiro atoms. The van der Waals surface area contributed by atoms with Crippen molar-refractivity contribution in [3.8, 4) is 28.1 Å². The van der Waals surface area contributed by atoms with Crippen LogP contribution < -0.4 is 21.3 Å². The van der Waals surface area contributed by atoms with E-state index in [4.69, 9.17) is 10.5 Å². The van der Waals surface area contributed by atoms with Crippen LogP contribution in [0.2, 0.25) is 0 Å². The van der Waals surface area contributed by atoms with Crippen LogP contribution in [0.1, 0.15) is 4.79 Å². The van der Waals surface area contributed by atoms with Gasteiger partial charge in [0.05, 0.1) is 36.2 Å². The third-order valence-electron chi connectivity index (χ3n) is 5.96. The lowest BCUT2D eigenvalue weighted by atomic mass is 9.98. The molecule has 0 atom stereocenters. The van der Waals surface area contributed by atoms with Gasteiger partial charge in [-0.3, -0.25) is 9.36 Å². The van der Waals surface area contributed by atoms with Gasteiger partial charge < -0.3 is 15.9 Å². The monoisotopic (exact) mass is 462 g/mol. The van der Waals surface area contributed by atoms with Crippen LogP contribution in [-0.4, -0.2) is 24.1 Å². The van der Waals surface area contributed by atoms with Crippen LogP contribution >= 0.6 is 0 Å². The molecule has 0 aliphatic rings. The molecule has 1 aromatic heterocycles. The zero-order chi connectivity index (χ0) is 24.2. The van der Waals surface area contributed by atoms with E-state index >= 15 is 0 Å². The second-order valence-corrected chi connectivity index (χ2v) is 8.13. The first-order chi connectivity index (χ1) is 17.2. The van der Waals surface area contributed by atoms with E-state index in [-0.39, 0.29) is 12.5 Å². The smallest absolute Gasteiger partial charge is 0.247 e. The topological polar surface area (TPSA) is 81.3 Å². The molecule has 0 unspecified atom stereocenters. The Morgan fingerprint density at radius 3 is 2.20 bits per heavy atom. The molecule has 4 aromatic carbocycles. The molecule has 1 heterocycles. The van der Waals surface area contributed by atoms with Crippen molar-refractivity contribution >= 4 is 28.2 Å². The largest absolute Gasteiger partial charge is 0.497 e. The Hall–Kier alpha value is -4.55. The molecule has 0 bridgehead atoms. The van der Waals surface area contributed by atoms with E-state index in [2.05, 4.69) is 23.0 Å². The minimum Gasteiger partial charge on any atom is -0.497 e. The molecular formula is C29H26N4O2. The summed E-state index contributed by atoms with van der Waals surface area (Å²) in [6.07, 6.45) is 0. The normalized spacial score (nSPS) is 10.9. The molecular weight excluding hydrogens is 436 g/mol. The number of carbonyl (C=O) groups excluding carboxylic acids is 1. The van der Waals surface area contributed by atoms with Crippen molar-refractivity contribution in [3.63, 3.8) is 0 Å². The van der Waals surface area contributed by atoms with Gasteiger partial charge in [0.25, 0.3) is 0 Å². The number of nitrogens with zero attached hydrogens (tertiary/aromatic N) is 1. The predicted molar refractivity (Wildman–Crippen MR) is 142 cm³/mol. The number of fused-ring (bicyclic) bond motifs is 1. The Balaban J connectivity index is 1.65. The number of carbonyl (C=O) groups is 1. The second kappa shape index (κ2) is 9.75. The molecule has 174 valence electrons. The first kappa shape index (κ1) is 22.3. The summed E-state index contributed by atoms with van der Waals surface area (Å²) in [7, 11) is 1.65. The Morgan fingerprint density at radius 1 is 0.857 bits per heavy atom. The first-order valence-electron chi connectivity index (χ1n) is 11.4. The summed E-state index contributed by atoms with van der Waals surface area (Å²) in [5.74, 6) is 0.626. The molecule has 0 fully saturated rings. The number of anilines is 2. The maximum atomic E-state index is 13.7. The van der Waals surface area contributed by atoms with E-state index in [1.165, 1.54) is 0 Å². The fourth-order valence-corrected chi connectivity index (χ4v) is 4.33. The highest BCUT2D eigenvalue weighted by Gasteiger charge is 2.24. The highest BCUT2D eigenvalue weighted by molar-refractivity contribution is 6.10. The highest BCUT2D eigenvalue weighted by Crippen LogP contribution is 2.42. The Labute approximate surface area is 203 Å². The van der Waals surface area contributed by atoms with Crippen molar-refractivity contribution in [1.82, 2.24) is 9.99 Å². The number of hydrogen-bond donors (Lipinski definition) is 3. The van der Waals surface area contributed by atoms with Gasteiger partial charge in [-0.05, 0) is 41.5 Å². The Morgan fingerprint density at radius 2 is 1.51 bits per heavy atom. The van der Waals surface area contributed by atoms with Crippen LogP contribution in [-0.2, 0) is 0 Å². The molecule has 0 aliphatic carbocycles. The van der Waals surface area contributed by atoms with Crippen molar-refractivity contribution in [2.75, 3.05) is 24.8 Å². The molecule has 6 heteroatoms. The Bertz CT molecular complexity index is 1480. The maximum absolute atomic E-state index is 13.7. The van der Waals surface area contributed by atoms with Gasteiger partial charge >= 0.3 is 0 Å². The number of benzene rings is 4. The van der Waals surface area contributed by atoms with Crippen molar-refractivity contribution in [3.05, 3.63) is 103 Å². The number of para-hydroxylation sites is 2. The minimum absolute atomic E-state index is 0.0538. The number of ether oxygens (including phenoxy) is 1. The second-order valence-electron chi connectivity index (χ2n) is 8.13. The summed E-state index contributed by atoms with van der Waals surface area (Å²) in [5, 5.41) is 0.947. The fraction of sp³-hybridized carbons (Fsp3) is 0.0690. The van der Waals surface area contributed by atoms with E-state index in [1.807, 2.05) is 84.9 Å². The lowest BCUT2D eigenvalue weighted by Crippen LogP contribution is -2.32. The van der Waals surface area contributed by atoms with Gasteiger partial charge in [0.1, 0.15) is 5.75 Å². The number of aromatic nitrogens is 1. The third-order valence-corrected chi connectivity index (χ3v) is 5.96. The number of nitrogen functional groups attached to an aromatic ring is 1. The molecule has 0 saturated heterocycles. The van der Waals surface area contributed by atoms with E-state index < -0.39 is 0 Å². The van der Waals surface area contributed by atoms with E-state index in [0.717, 1.165) is 44.7 Å². The fourth-order valence-electron chi connectivity index (χ4n) is 4.33. The van der Waals surface area contributed by atoms with Gasteiger partial charge in [-0.25, -0.2) is 5.43 Å². The van der Waals surface area contributed by atoms with E-state index in [9.17, 15) is 4.79 Å². The summed E-state index contributed by atoms with van der Waals surface area (Å²) in [6, 6.07) is 33.3. The van der Waals surface area contributed by atoms with Gasteiger partial charge in [-0.15, -0.1) is 0 Å². The van der Waals surface area contributed by atoms with Crippen molar-refractivity contribution in [2.24, 2.45) is 0 Å². The molecule has 0 saturated carbocycles. The molecule has 4 N–H and O–H groups in total. The lowest BCUT2D eigenvalue weighted by molar-refractivity contribution is 0.0922. The maximum Gasteiger partial charge on any atom is 0.247 e. The van der Waals surface area contributed by atoms with Gasteiger partial charge in [-0.2, -0.15) is 0 Å². The molecule has 0 aliphatic heterocycles. The van der Waals surface area contributed by atoms with Crippen molar-refractivity contribution < 1.29 is 9.53 Å². The SMILES string of the molecule is COc1ccc2c(c1)c(-c1ccccc1)c(-c1ccccc1)n2C(=O)CNNc1ccccc1N. The first-order valence-corrected chi connectivity index (χ1v) is 11.4. The number of nitrogens with one attached hydrogen (secondary N) is 2. The van der Waals surface area contributed by atoms with Crippen LogP contribution in [0.3, 0.4) is 0 Å². The molecule has 35 heavy (non-hydrogen) atoms. The molecule has 6 nitrogen and oxygen atoms in total. The van der Waals surface area contributed by atoms with Gasteiger partial charge in [0, 0.05) is 10.9 Å². The van der Waals surface area contributed by atoms with E-state index in [1.54, 1.807) is 17.7 Å². The number of hydrazine groups is 1. The summed E-state index contributed by atoms with van der Waals surface area (Å²) in [5.41, 5.74) is 18.0. The molecule has 0 radical (unpaired) electrons. The van der Waals surface area contributed by atoms with Gasteiger partial charge in [0.2, 0.25) is 5.91 Å². The van der Waals surface area contributed by atoms with Crippen molar-refractivity contribution in [2.45, 2.75) is 0 Å². The average Bonchev–Trinajstić information content (AvgIpc) is 3.25. The predicted octanol–water partition coefficient (Wildman–Crippen LogP) is 5.82. The Kier molecular flexibility index (Phi) is 6.20. The minimum atomic E-state index is -0.108. The third kappa shape index (κ3) is 4.35. The van der Waals surface area contributed by atoms with Gasteiger partial charge in [0.15, 0.2) is 0 Å². The zero-order valence-corrected chi connectivity index (χ0v) is 19.4. The van der Waals surface area contributed by atoms with E-state index in [0.29, 0.717) is 5.69 Å². The summed E-state index contributed by atoms with van der Waals surface area (Å²) in [6.45, 7) is 0.0538. The molecule has 5 aromatic rings. The number of methoxy groups -OCH3 is 1. The zero-order valence-electron chi connectivity index (χ0n) is 19.4. The molecule has 5 rings (SSSR count). The number of hydrogen-bond acceptors (Lipinski definition) is 5. The van der Waals surface area contributed by atoms with Gasteiger partial charge in [-0.1, -0.05) is 72.8 Å². The van der Waals surface area contributed by atoms with Crippen LogP contribution in [0.4, 0.5) is 11.4 Å². The highest BCUT2D eigenvalue weighted by atomic mass is 16.5. The standard InChI is InChI=1S/C29H26N4O2/c1-35-22-16-17-26-23(18-22)28(20-10-4-2-5-11-20)29(21-12-6-3-7-13-21)33(26)27(34)19-31-32-25-15-9-8-14-24(25)30/h2-18,31-32H,19,30H2,1H3. The van der Waals surface area contributed by atoms with Crippen LogP contribution in [0.25, 0.3) is 33.3 Å². The summed E-state index contributed by atoms with van der Waals surface area (Å²) < 4.78 is 7.31. The lowest BCUT2D eigenvalue weighted by Gasteiger charge is -2.14. The number of nitrogens with two attached hydrogens (primary N) is 1. The quantitative estimate of drug-likeness (QED) is 0.210. The average molecular weight is 463 g/mol. The molecule has 0 amide bonds. The summed E-state index contributed by atoms with van der Waals surface area (Å²) >= 11 is 0. The van der Waals surface area contributed by atoms with Crippen LogP contribution in [0.5, 0.6) is 5.75 Å². The van der Waals surface area contributed by atoms with Crippen LogP contribution in [0, 0.1) is 0 Å². The van der Waals surface area contributed by atoms with Crippen molar-refractivity contribution in [1.29, 1.82) is 0 Å². The summed E-state index contributed by atoms with van der Waals surface area (Å²) in [4.78, 5) is 13.7.